The van der Waals surface area contributed by atoms with E-state index in [9.17, 15) is 29.3 Å². The molecule has 132 valence electrons. The minimum absolute atomic E-state index is 0.293. The number of benzene rings is 1. The van der Waals surface area contributed by atoms with Gasteiger partial charge < -0.3 is 9.47 Å². The quantitative estimate of drug-likeness (QED) is 0.254. The zero-order valence-corrected chi connectivity index (χ0v) is 13.5. The minimum Gasteiger partial charge on any atom is -0.462 e. The minimum atomic E-state index is -1.75. The Morgan fingerprint density at radius 2 is 2.04 bits per heavy atom. The molecule has 9 nitrogen and oxygen atoms in total. The van der Waals surface area contributed by atoms with Crippen molar-refractivity contribution in [1.82, 2.24) is 0 Å². The lowest BCUT2D eigenvalue weighted by molar-refractivity contribution is -0.385. The van der Waals surface area contributed by atoms with Crippen molar-refractivity contribution in [3.63, 3.8) is 0 Å². The van der Waals surface area contributed by atoms with Gasteiger partial charge in [-0.1, -0.05) is 6.07 Å². The lowest BCUT2D eigenvalue weighted by Crippen LogP contribution is -2.44. The number of nitrogens with zero attached hydrogens (tertiary/aromatic N) is 1. The van der Waals surface area contributed by atoms with Crippen molar-refractivity contribution in [2.24, 2.45) is 5.92 Å². The molecule has 0 spiro atoms. The monoisotopic (exact) mass is 349 g/mol. The first-order valence-electron chi connectivity index (χ1n) is 7.36. The number of nitro benzene ring substituents is 1. The van der Waals surface area contributed by atoms with Gasteiger partial charge in [0, 0.05) is 19.4 Å². The van der Waals surface area contributed by atoms with Crippen molar-refractivity contribution in [3.8, 4) is 0 Å². The molecule has 0 N–H and O–H groups in total. The Balaban J connectivity index is 2.23. The Labute approximate surface area is 142 Å². The van der Waals surface area contributed by atoms with Gasteiger partial charge in [-0.15, -0.1) is 0 Å². The van der Waals surface area contributed by atoms with Crippen LogP contribution in [-0.4, -0.2) is 41.1 Å². The lowest BCUT2D eigenvalue weighted by atomic mass is 9.88. The molecule has 1 aliphatic heterocycles. The van der Waals surface area contributed by atoms with Crippen molar-refractivity contribution in [1.29, 1.82) is 0 Å². The van der Waals surface area contributed by atoms with E-state index in [1.165, 1.54) is 18.2 Å². The third-order valence-corrected chi connectivity index (χ3v) is 3.62. The number of hydrogen-bond donors (Lipinski definition) is 0. The molecular weight excluding hydrogens is 334 g/mol. The largest absolute Gasteiger partial charge is 0.462 e. The highest BCUT2D eigenvalue weighted by molar-refractivity contribution is 6.24. The van der Waals surface area contributed by atoms with Crippen LogP contribution in [0.5, 0.6) is 0 Å². The molecule has 0 bridgehead atoms. The van der Waals surface area contributed by atoms with Crippen LogP contribution in [0, 0.1) is 23.0 Å². The molecule has 1 aliphatic rings. The van der Waals surface area contributed by atoms with Crippen LogP contribution in [0.4, 0.5) is 5.69 Å². The fourth-order valence-corrected chi connectivity index (χ4v) is 2.46. The van der Waals surface area contributed by atoms with E-state index in [2.05, 4.69) is 4.74 Å². The Hall–Kier alpha value is -3.10. The maximum absolute atomic E-state index is 12.5. The topological polar surface area (TPSA) is 130 Å². The molecule has 9 heteroatoms. The molecule has 0 radical (unpaired) electrons. The maximum atomic E-state index is 12.5. The summed E-state index contributed by atoms with van der Waals surface area (Å²) in [5.74, 6) is -5.17. The predicted molar refractivity (Wildman–Crippen MR) is 81.8 cm³/mol. The molecule has 2 unspecified atom stereocenters. The summed E-state index contributed by atoms with van der Waals surface area (Å²) in [6.45, 7) is 2.48. The van der Waals surface area contributed by atoms with E-state index in [-0.39, 0.29) is 18.6 Å². The molecular formula is C16H15NO8. The van der Waals surface area contributed by atoms with Gasteiger partial charge in [-0.05, 0) is 18.6 Å². The van der Waals surface area contributed by atoms with Crippen LogP contribution >= 0.6 is 0 Å². The molecule has 0 aliphatic carbocycles. The summed E-state index contributed by atoms with van der Waals surface area (Å²) in [5, 5.41) is 11.1. The highest BCUT2D eigenvalue weighted by Crippen LogP contribution is 2.27. The Morgan fingerprint density at radius 3 is 2.60 bits per heavy atom. The summed E-state index contributed by atoms with van der Waals surface area (Å²) in [6.07, 6.45) is -1.28. The maximum Gasteiger partial charge on any atom is 0.324 e. The van der Waals surface area contributed by atoms with E-state index in [0.29, 0.717) is 5.56 Å². The molecule has 0 saturated carbocycles. The molecule has 0 aromatic heterocycles. The zero-order chi connectivity index (χ0) is 18.7. The zero-order valence-electron chi connectivity index (χ0n) is 13.5. The summed E-state index contributed by atoms with van der Waals surface area (Å²) in [5.41, 5.74) is -0.251. The van der Waals surface area contributed by atoms with Gasteiger partial charge in [0.25, 0.3) is 5.69 Å². The van der Waals surface area contributed by atoms with Gasteiger partial charge in [0.1, 0.15) is 12.7 Å². The fraction of sp³-hybridized carbons (Fsp3) is 0.375. The number of esters is 2. The Kier molecular flexibility index (Phi) is 5.26. The van der Waals surface area contributed by atoms with E-state index in [1.807, 2.05) is 0 Å². The Morgan fingerprint density at radius 1 is 1.36 bits per heavy atom. The number of hydrogen-bond acceptors (Lipinski definition) is 8. The summed E-state index contributed by atoms with van der Waals surface area (Å²) in [7, 11) is 0. The van der Waals surface area contributed by atoms with Crippen LogP contribution in [0.1, 0.15) is 29.3 Å². The van der Waals surface area contributed by atoms with Crippen LogP contribution in [0.3, 0.4) is 0 Å². The summed E-state index contributed by atoms with van der Waals surface area (Å²) < 4.78 is 9.64. The molecule has 2 atom stereocenters. The van der Waals surface area contributed by atoms with Crippen molar-refractivity contribution in [2.75, 3.05) is 6.61 Å². The van der Waals surface area contributed by atoms with E-state index in [4.69, 9.17) is 4.74 Å². The molecule has 0 amide bonds. The van der Waals surface area contributed by atoms with Crippen molar-refractivity contribution in [2.45, 2.75) is 26.4 Å². The van der Waals surface area contributed by atoms with Gasteiger partial charge in [-0.25, -0.2) is 0 Å². The van der Waals surface area contributed by atoms with Crippen molar-refractivity contribution < 1.29 is 33.6 Å². The SMILES string of the molecule is CC(=O)OCC1CC(=O)C(C(=O)c2ccc(C)cc2[N+](=O)[O-])C(=O)O1. The summed E-state index contributed by atoms with van der Waals surface area (Å²) >= 11 is 0. The summed E-state index contributed by atoms with van der Waals surface area (Å²) in [4.78, 5) is 57.9. The lowest BCUT2D eigenvalue weighted by Gasteiger charge is -2.26. The first-order chi connectivity index (χ1) is 11.7. The molecule has 1 aromatic carbocycles. The highest BCUT2D eigenvalue weighted by atomic mass is 16.6. The van der Waals surface area contributed by atoms with Crippen LogP contribution in [0.2, 0.25) is 0 Å². The second kappa shape index (κ2) is 7.20. The Bertz CT molecular complexity index is 751. The van der Waals surface area contributed by atoms with Gasteiger partial charge in [0.05, 0.1) is 10.5 Å². The van der Waals surface area contributed by atoms with E-state index >= 15 is 0 Å². The fourth-order valence-electron chi connectivity index (χ4n) is 2.46. The van der Waals surface area contributed by atoms with Crippen molar-refractivity contribution in [3.05, 3.63) is 39.4 Å². The number of carbonyl (C=O) groups excluding carboxylic acids is 4. The van der Waals surface area contributed by atoms with Crippen LogP contribution < -0.4 is 0 Å². The normalized spacial score (nSPS) is 19.9. The average molecular weight is 349 g/mol. The number of nitro groups is 1. The van der Waals surface area contributed by atoms with Gasteiger partial charge in [-0.2, -0.15) is 0 Å². The van der Waals surface area contributed by atoms with Crippen LogP contribution in [0.15, 0.2) is 18.2 Å². The number of ether oxygens (including phenoxy) is 2. The second-order valence-electron chi connectivity index (χ2n) is 5.61. The third-order valence-electron chi connectivity index (χ3n) is 3.62. The standard InChI is InChI=1S/C16H15NO8/c1-8-3-4-11(12(5-8)17(22)23)15(20)14-13(19)6-10(25-16(14)21)7-24-9(2)18/h3-5,10,14H,6-7H2,1-2H3. The molecule has 25 heavy (non-hydrogen) atoms. The predicted octanol–water partition coefficient (Wildman–Crippen LogP) is 1.15. The van der Waals surface area contributed by atoms with Gasteiger partial charge in [0.15, 0.2) is 17.5 Å². The molecule has 1 fully saturated rings. The number of aryl methyl sites for hydroxylation is 1. The first kappa shape index (κ1) is 18.2. The third kappa shape index (κ3) is 4.06. The van der Waals surface area contributed by atoms with Gasteiger partial charge in [-0.3, -0.25) is 29.3 Å². The number of rotatable bonds is 5. The second-order valence-corrected chi connectivity index (χ2v) is 5.61. The average Bonchev–Trinajstić information content (AvgIpc) is 2.51. The molecule has 1 saturated heterocycles. The van der Waals surface area contributed by atoms with Gasteiger partial charge in [0.2, 0.25) is 0 Å². The van der Waals surface area contributed by atoms with E-state index in [1.54, 1.807) is 6.92 Å². The first-order valence-corrected chi connectivity index (χ1v) is 7.36. The van der Waals surface area contributed by atoms with E-state index in [0.717, 1.165) is 6.92 Å². The van der Waals surface area contributed by atoms with E-state index < -0.39 is 46.1 Å². The number of ketones is 2. The van der Waals surface area contributed by atoms with Crippen LogP contribution in [0.25, 0.3) is 0 Å². The van der Waals surface area contributed by atoms with Crippen LogP contribution in [-0.2, 0) is 23.9 Å². The molecule has 1 aromatic rings. The number of carbonyl (C=O) groups is 4. The number of cyclic esters (lactones) is 1. The van der Waals surface area contributed by atoms with Crippen molar-refractivity contribution >= 4 is 29.2 Å². The molecule has 1 heterocycles. The van der Waals surface area contributed by atoms with Gasteiger partial charge >= 0.3 is 11.9 Å². The smallest absolute Gasteiger partial charge is 0.324 e. The summed E-state index contributed by atoms with van der Waals surface area (Å²) in [6, 6.07) is 3.87. The number of Topliss-reactive ketones (excluding diaryl/α,β-unsaturated/α-hetero) is 2. The molecule has 2 rings (SSSR count). The highest BCUT2D eigenvalue weighted by Gasteiger charge is 2.44.